The fraction of sp³-hybridized carbons (Fsp3) is 0.364. The third-order valence-electron chi connectivity index (χ3n) is 2.51. The van der Waals surface area contributed by atoms with Crippen LogP contribution in [-0.4, -0.2) is 32.1 Å². The van der Waals surface area contributed by atoms with Crippen LogP contribution in [0.5, 0.6) is 11.5 Å². The number of carbonyl (C=O) groups excluding carboxylic acids is 1. The Morgan fingerprint density at radius 1 is 1.28 bits per heavy atom. The van der Waals surface area contributed by atoms with E-state index in [-0.39, 0.29) is 23.1 Å². The summed E-state index contributed by atoms with van der Waals surface area (Å²) in [6, 6.07) is 2.63. The minimum absolute atomic E-state index is 0.0731. The van der Waals surface area contributed by atoms with Gasteiger partial charge < -0.3 is 14.4 Å². The summed E-state index contributed by atoms with van der Waals surface area (Å²) in [5.74, 6) is 0.0910. The Labute approximate surface area is 104 Å². The van der Waals surface area contributed by atoms with E-state index in [4.69, 9.17) is 9.47 Å². The van der Waals surface area contributed by atoms with Crippen molar-refractivity contribution < 1.29 is 19.2 Å². The number of rotatable bonds is 4. The van der Waals surface area contributed by atoms with Crippen LogP contribution in [0.25, 0.3) is 0 Å². The Bertz CT molecular complexity index is 487. The minimum Gasteiger partial charge on any atom is -0.494 e. The van der Waals surface area contributed by atoms with Gasteiger partial charge in [0, 0.05) is 20.0 Å². The molecule has 0 aromatic heterocycles. The number of methoxy groups -OCH3 is 2. The standard InChI is InChI=1S/C11H14N2O5/c1-7(14)12(2)8-5-11(18-4)9(13(15)16)6-10(8)17-3/h5-6H,1-4H3. The number of carbonyl (C=O) groups is 1. The van der Waals surface area contributed by atoms with E-state index in [1.165, 1.54) is 38.2 Å². The van der Waals surface area contributed by atoms with Crippen molar-refractivity contribution in [2.24, 2.45) is 0 Å². The highest BCUT2D eigenvalue weighted by Gasteiger charge is 2.22. The van der Waals surface area contributed by atoms with Crippen LogP contribution in [0.4, 0.5) is 11.4 Å². The van der Waals surface area contributed by atoms with Crippen LogP contribution in [0.3, 0.4) is 0 Å². The monoisotopic (exact) mass is 254 g/mol. The molecule has 0 N–H and O–H groups in total. The van der Waals surface area contributed by atoms with Crippen molar-refractivity contribution in [3.8, 4) is 11.5 Å². The van der Waals surface area contributed by atoms with E-state index in [1.807, 2.05) is 0 Å². The fourth-order valence-electron chi connectivity index (χ4n) is 1.44. The molecule has 0 fully saturated rings. The van der Waals surface area contributed by atoms with E-state index in [0.717, 1.165) is 0 Å². The third-order valence-corrected chi connectivity index (χ3v) is 2.51. The van der Waals surface area contributed by atoms with Gasteiger partial charge in [0.1, 0.15) is 5.75 Å². The Kier molecular flexibility index (Phi) is 4.09. The number of nitro benzene ring substituents is 1. The number of hydrogen-bond donors (Lipinski definition) is 0. The van der Waals surface area contributed by atoms with Crippen LogP contribution >= 0.6 is 0 Å². The molecule has 7 heteroatoms. The predicted molar refractivity (Wildman–Crippen MR) is 65.3 cm³/mol. The minimum atomic E-state index is -0.571. The summed E-state index contributed by atoms with van der Waals surface area (Å²) in [5, 5.41) is 10.9. The fourth-order valence-corrected chi connectivity index (χ4v) is 1.44. The normalized spacial score (nSPS) is 9.78. The highest BCUT2D eigenvalue weighted by Crippen LogP contribution is 2.39. The summed E-state index contributed by atoms with van der Waals surface area (Å²) in [7, 11) is 4.25. The largest absolute Gasteiger partial charge is 0.494 e. The molecule has 0 aliphatic rings. The lowest BCUT2D eigenvalue weighted by molar-refractivity contribution is -0.385. The lowest BCUT2D eigenvalue weighted by Crippen LogP contribution is -2.23. The maximum atomic E-state index is 11.3. The van der Waals surface area contributed by atoms with E-state index in [2.05, 4.69) is 0 Å². The average Bonchev–Trinajstić information content (AvgIpc) is 2.35. The van der Waals surface area contributed by atoms with Gasteiger partial charge in [-0.1, -0.05) is 0 Å². The van der Waals surface area contributed by atoms with Crippen LogP contribution in [0.2, 0.25) is 0 Å². The molecule has 1 aromatic carbocycles. The van der Waals surface area contributed by atoms with Crippen LogP contribution in [0.1, 0.15) is 6.92 Å². The van der Waals surface area contributed by atoms with Crippen LogP contribution in [-0.2, 0) is 4.79 Å². The lowest BCUT2D eigenvalue weighted by atomic mass is 10.2. The predicted octanol–water partition coefficient (Wildman–Crippen LogP) is 1.59. The Morgan fingerprint density at radius 3 is 2.22 bits per heavy atom. The lowest BCUT2D eigenvalue weighted by Gasteiger charge is -2.19. The van der Waals surface area contributed by atoms with Gasteiger partial charge in [-0.3, -0.25) is 14.9 Å². The molecule has 0 bridgehead atoms. The molecule has 0 atom stereocenters. The maximum Gasteiger partial charge on any atom is 0.314 e. The van der Waals surface area contributed by atoms with Gasteiger partial charge >= 0.3 is 5.69 Å². The van der Waals surface area contributed by atoms with Crippen molar-refractivity contribution >= 4 is 17.3 Å². The molecular weight excluding hydrogens is 240 g/mol. The molecule has 0 aliphatic heterocycles. The molecule has 0 aliphatic carbocycles. The number of anilines is 1. The summed E-state index contributed by atoms with van der Waals surface area (Å²) < 4.78 is 9.99. The van der Waals surface area contributed by atoms with Crippen molar-refractivity contribution in [2.45, 2.75) is 6.92 Å². The van der Waals surface area contributed by atoms with Gasteiger partial charge in [-0.05, 0) is 0 Å². The van der Waals surface area contributed by atoms with Crippen molar-refractivity contribution in [3.05, 3.63) is 22.2 Å². The Morgan fingerprint density at radius 2 is 1.83 bits per heavy atom. The van der Waals surface area contributed by atoms with Crippen molar-refractivity contribution in [1.82, 2.24) is 0 Å². The zero-order valence-corrected chi connectivity index (χ0v) is 10.6. The smallest absolute Gasteiger partial charge is 0.314 e. The van der Waals surface area contributed by atoms with Gasteiger partial charge in [0.25, 0.3) is 0 Å². The van der Waals surface area contributed by atoms with E-state index in [9.17, 15) is 14.9 Å². The molecule has 0 saturated carbocycles. The molecule has 1 rings (SSSR count). The van der Waals surface area contributed by atoms with Gasteiger partial charge in [-0.2, -0.15) is 0 Å². The summed E-state index contributed by atoms with van der Waals surface area (Å²) in [4.78, 5) is 22.9. The van der Waals surface area contributed by atoms with Crippen molar-refractivity contribution in [1.29, 1.82) is 0 Å². The third kappa shape index (κ3) is 2.50. The molecule has 0 heterocycles. The second-order valence-corrected chi connectivity index (χ2v) is 3.53. The van der Waals surface area contributed by atoms with Crippen LogP contribution < -0.4 is 14.4 Å². The Hall–Kier alpha value is -2.31. The number of ether oxygens (including phenoxy) is 2. The van der Waals surface area contributed by atoms with Gasteiger partial charge in [0.05, 0.1) is 30.9 Å². The molecule has 98 valence electrons. The molecule has 1 amide bonds. The molecule has 0 radical (unpaired) electrons. The number of benzene rings is 1. The van der Waals surface area contributed by atoms with Crippen LogP contribution in [0, 0.1) is 10.1 Å². The summed E-state index contributed by atoms with van der Waals surface area (Å²) in [6.45, 7) is 1.38. The van der Waals surface area contributed by atoms with Crippen molar-refractivity contribution in [3.63, 3.8) is 0 Å². The van der Waals surface area contributed by atoms with E-state index < -0.39 is 4.92 Å². The van der Waals surface area contributed by atoms with Gasteiger partial charge in [-0.25, -0.2) is 0 Å². The molecule has 1 aromatic rings. The SMILES string of the molecule is COc1cc([N+](=O)[O-])c(OC)cc1N(C)C(C)=O. The quantitative estimate of drug-likeness (QED) is 0.602. The van der Waals surface area contributed by atoms with Gasteiger partial charge in [0.2, 0.25) is 5.91 Å². The second kappa shape index (κ2) is 5.35. The van der Waals surface area contributed by atoms with Crippen LogP contribution in [0.15, 0.2) is 12.1 Å². The zero-order chi connectivity index (χ0) is 13.9. The number of hydrogen-bond acceptors (Lipinski definition) is 5. The highest BCUT2D eigenvalue weighted by molar-refractivity contribution is 5.93. The van der Waals surface area contributed by atoms with E-state index in [0.29, 0.717) is 5.69 Å². The first-order valence-corrected chi connectivity index (χ1v) is 5.07. The van der Waals surface area contributed by atoms with Gasteiger partial charge in [0.15, 0.2) is 5.75 Å². The average molecular weight is 254 g/mol. The second-order valence-electron chi connectivity index (χ2n) is 3.53. The summed E-state index contributed by atoms with van der Waals surface area (Å²) in [5.41, 5.74) is 0.197. The first-order valence-electron chi connectivity index (χ1n) is 5.07. The molecule has 7 nitrogen and oxygen atoms in total. The molecule has 18 heavy (non-hydrogen) atoms. The van der Waals surface area contributed by atoms with E-state index >= 15 is 0 Å². The topological polar surface area (TPSA) is 81.9 Å². The summed E-state index contributed by atoms with van der Waals surface area (Å²) >= 11 is 0. The summed E-state index contributed by atoms with van der Waals surface area (Å²) in [6.07, 6.45) is 0. The molecule has 0 unspecified atom stereocenters. The first-order chi connectivity index (χ1) is 8.42. The molecule has 0 spiro atoms. The number of nitro groups is 1. The number of amides is 1. The van der Waals surface area contributed by atoms with E-state index in [1.54, 1.807) is 7.05 Å². The maximum absolute atomic E-state index is 11.3. The Balaban J connectivity index is 3.44. The number of nitrogens with zero attached hydrogens (tertiary/aromatic N) is 2. The first kappa shape index (κ1) is 13.8. The highest BCUT2D eigenvalue weighted by atomic mass is 16.6. The molecule has 0 saturated heterocycles. The van der Waals surface area contributed by atoms with Gasteiger partial charge in [-0.15, -0.1) is 0 Å². The molecular formula is C11H14N2O5. The zero-order valence-electron chi connectivity index (χ0n) is 10.6. The van der Waals surface area contributed by atoms with Crippen molar-refractivity contribution in [2.75, 3.05) is 26.2 Å².